The minimum Gasteiger partial charge on any atom is -0.444 e. The Morgan fingerprint density at radius 1 is 1.11 bits per heavy atom. The summed E-state index contributed by atoms with van der Waals surface area (Å²) in [6, 6.07) is 1.63. The first-order chi connectivity index (χ1) is 7.92. The number of nitrogens with one attached hydrogen (secondary N) is 2. The summed E-state index contributed by atoms with van der Waals surface area (Å²) in [7, 11) is 0. The van der Waals surface area contributed by atoms with Crippen LogP contribution in [-0.2, 0) is 4.74 Å². The van der Waals surface area contributed by atoms with Crippen molar-refractivity contribution >= 4 is 18.5 Å². The number of amides is 1. The van der Waals surface area contributed by atoms with E-state index in [1.807, 2.05) is 20.8 Å². The highest BCUT2D eigenvalue weighted by Gasteiger charge is 2.33. The van der Waals surface area contributed by atoms with Gasteiger partial charge in [-0.25, -0.2) is 4.79 Å². The van der Waals surface area contributed by atoms with E-state index in [0.29, 0.717) is 12.1 Å². The van der Waals surface area contributed by atoms with Gasteiger partial charge in [-0.05, 0) is 46.5 Å². The Bertz CT molecular complexity index is 281. The molecule has 0 aliphatic heterocycles. The number of hydrogen-bond donors (Lipinski definition) is 2. The summed E-state index contributed by atoms with van der Waals surface area (Å²) in [4.78, 5) is 11.5. The Labute approximate surface area is 116 Å². The summed E-state index contributed by atoms with van der Waals surface area (Å²) in [5, 5.41) is 6.52. The van der Waals surface area contributed by atoms with Crippen LogP contribution in [0.3, 0.4) is 0 Å². The van der Waals surface area contributed by atoms with E-state index in [9.17, 15) is 4.79 Å². The summed E-state index contributed by atoms with van der Waals surface area (Å²) < 4.78 is 5.22. The molecule has 2 N–H and O–H groups in total. The van der Waals surface area contributed by atoms with E-state index in [1.165, 1.54) is 19.3 Å². The van der Waals surface area contributed by atoms with Crippen LogP contribution in [0.5, 0.6) is 0 Å². The highest BCUT2D eigenvalue weighted by atomic mass is 35.5. The zero-order valence-corrected chi connectivity index (χ0v) is 12.3. The lowest BCUT2D eigenvalue weighted by atomic mass is 9.83. The Morgan fingerprint density at radius 2 is 1.72 bits per heavy atom. The maximum Gasteiger partial charge on any atom is 0.407 e. The van der Waals surface area contributed by atoms with Crippen LogP contribution >= 0.6 is 12.4 Å². The molecule has 2 fully saturated rings. The van der Waals surface area contributed by atoms with Crippen LogP contribution in [0, 0.1) is 0 Å². The zero-order valence-electron chi connectivity index (χ0n) is 11.5. The molecule has 0 spiro atoms. The zero-order chi connectivity index (χ0) is 12.5. The van der Waals surface area contributed by atoms with Gasteiger partial charge in [-0.2, -0.15) is 0 Å². The molecule has 2 aliphatic rings. The molecule has 0 atom stereocenters. The van der Waals surface area contributed by atoms with Crippen molar-refractivity contribution in [2.75, 3.05) is 0 Å². The van der Waals surface area contributed by atoms with E-state index in [2.05, 4.69) is 10.6 Å². The normalized spacial score (nSPS) is 27.5. The molecule has 18 heavy (non-hydrogen) atoms. The number of carbonyl (C=O) groups excluding carboxylic acids is 1. The predicted molar refractivity (Wildman–Crippen MR) is 74.2 cm³/mol. The summed E-state index contributed by atoms with van der Waals surface area (Å²) >= 11 is 0. The third-order valence-electron chi connectivity index (χ3n) is 3.44. The van der Waals surface area contributed by atoms with Crippen LogP contribution in [0.25, 0.3) is 0 Å². The lowest BCUT2D eigenvalue weighted by Gasteiger charge is -2.41. The minimum absolute atomic E-state index is 0. The third-order valence-corrected chi connectivity index (χ3v) is 3.44. The van der Waals surface area contributed by atoms with Gasteiger partial charge in [0, 0.05) is 18.1 Å². The maximum atomic E-state index is 11.5. The molecule has 5 heteroatoms. The summed E-state index contributed by atoms with van der Waals surface area (Å²) in [5.74, 6) is 0. The van der Waals surface area contributed by atoms with Gasteiger partial charge >= 0.3 is 6.09 Å². The number of hydrogen-bond acceptors (Lipinski definition) is 3. The molecule has 2 rings (SSSR count). The van der Waals surface area contributed by atoms with Crippen LogP contribution in [0.2, 0.25) is 0 Å². The van der Waals surface area contributed by atoms with Gasteiger partial charge in [0.2, 0.25) is 0 Å². The van der Waals surface area contributed by atoms with Crippen molar-refractivity contribution in [3.8, 4) is 0 Å². The van der Waals surface area contributed by atoms with Crippen LogP contribution in [-0.4, -0.2) is 29.8 Å². The van der Waals surface area contributed by atoms with Gasteiger partial charge in [-0.15, -0.1) is 12.4 Å². The fraction of sp³-hybridized carbons (Fsp3) is 0.923. The minimum atomic E-state index is -0.405. The fourth-order valence-corrected chi connectivity index (χ4v) is 2.25. The molecule has 1 amide bonds. The predicted octanol–water partition coefficient (Wildman–Crippen LogP) is 2.61. The number of carbonyl (C=O) groups is 1. The number of halogens is 1. The molecule has 0 aromatic heterocycles. The Morgan fingerprint density at radius 3 is 2.17 bits per heavy atom. The highest BCUT2D eigenvalue weighted by molar-refractivity contribution is 5.85. The van der Waals surface area contributed by atoms with Crippen LogP contribution in [0.4, 0.5) is 4.79 Å². The van der Waals surface area contributed by atoms with Crippen molar-refractivity contribution in [1.82, 2.24) is 10.6 Å². The van der Waals surface area contributed by atoms with Crippen LogP contribution in [0.1, 0.15) is 52.9 Å². The van der Waals surface area contributed by atoms with E-state index in [1.54, 1.807) is 0 Å². The lowest BCUT2D eigenvalue weighted by Crippen LogP contribution is -2.56. The number of rotatable bonds is 3. The topological polar surface area (TPSA) is 50.4 Å². The average Bonchev–Trinajstić information content (AvgIpc) is 2.01. The third kappa shape index (κ3) is 4.65. The average molecular weight is 277 g/mol. The number of alkyl carbamates (subject to hydrolysis) is 1. The monoisotopic (exact) mass is 276 g/mol. The van der Waals surface area contributed by atoms with E-state index in [4.69, 9.17) is 4.74 Å². The van der Waals surface area contributed by atoms with Gasteiger partial charge in [-0.1, -0.05) is 6.42 Å². The SMILES string of the molecule is CC(C)(C)OC(=O)NC1CC(NC2CCC2)C1.Cl. The van der Waals surface area contributed by atoms with Crippen molar-refractivity contribution in [1.29, 1.82) is 0 Å². The Balaban J connectivity index is 0.00000162. The van der Waals surface area contributed by atoms with Crippen molar-refractivity contribution < 1.29 is 9.53 Å². The Kier molecular flexibility index (Phi) is 5.29. The molecule has 0 heterocycles. The Hall–Kier alpha value is -0.480. The van der Waals surface area contributed by atoms with E-state index < -0.39 is 5.60 Å². The van der Waals surface area contributed by atoms with Crippen molar-refractivity contribution in [3.05, 3.63) is 0 Å². The van der Waals surface area contributed by atoms with Gasteiger partial charge in [-0.3, -0.25) is 0 Å². The van der Waals surface area contributed by atoms with Crippen LogP contribution in [0.15, 0.2) is 0 Å². The van der Waals surface area contributed by atoms with Gasteiger partial charge in [0.1, 0.15) is 5.60 Å². The van der Waals surface area contributed by atoms with E-state index >= 15 is 0 Å². The molecular weight excluding hydrogens is 252 g/mol. The first-order valence-corrected chi connectivity index (χ1v) is 6.68. The standard InChI is InChI=1S/C13H24N2O2.ClH/c1-13(2,3)17-12(16)15-11-7-10(8-11)14-9-5-4-6-9;/h9-11,14H,4-8H2,1-3H3,(H,15,16);1H. The quantitative estimate of drug-likeness (QED) is 0.833. The van der Waals surface area contributed by atoms with Crippen molar-refractivity contribution in [3.63, 3.8) is 0 Å². The molecule has 0 aromatic carbocycles. The number of ether oxygens (including phenoxy) is 1. The van der Waals surface area contributed by atoms with Crippen molar-refractivity contribution in [2.24, 2.45) is 0 Å². The fourth-order valence-electron chi connectivity index (χ4n) is 2.25. The van der Waals surface area contributed by atoms with Gasteiger partial charge in [0.15, 0.2) is 0 Å². The first kappa shape index (κ1) is 15.6. The molecule has 0 saturated heterocycles. The molecular formula is C13H25ClN2O2. The van der Waals surface area contributed by atoms with Crippen molar-refractivity contribution in [2.45, 2.75) is 76.6 Å². The summed E-state index contributed by atoms with van der Waals surface area (Å²) in [6.07, 6.45) is 5.79. The molecule has 2 saturated carbocycles. The summed E-state index contributed by atoms with van der Waals surface area (Å²) in [6.45, 7) is 5.65. The van der Waals surface area contributed by atoms with Crippen LogP contribution < -0.4 is 10.6 Å². The second kappa shape index (κ2) is 6.11. The maximum absolute atomic E-state index is 11.5. The van der Waals surface area contributed by atoms with E-state index in [0.717, 1.165) is 18.9 Å². The largest absolute Gasteiger partial charge is 0.444 e. The van der Waals surface area contributed by atoms with Gasteiger partial charge < -0.3 is 15.4 Å². The molecule has 2 aliphatic carbocycles. The van der Waals surface area contributed by atoms with Gasteiger partial charge in [0.05, 0.1) is 0 Å². The first-order valence-electron chi connectivity index (χ1n) is 6.68. The summed E-state index contributed by atoms with van der Waals surface area (Å²) in [5.41, 5.74) is -0.405. The van der Waals surface area contributed by atoms with Gasteiger partial charge in [0.25, 0.3) is 0 Å². The molecule has 4 nitrogen and oxygen atoms in total. The molecule has 0 unspecified atom stereocenters. The highest BCUT2D eigenvalue weighted by Crippen LogP contribution is 2.25. The van der Waals surface area contributed by atoms with E-state index in [-0.39, 0.29) is 18.5 Å². The molecule has 0 aromatic rings. The lowest BCUT2D eigenvalue weighted by molar-refractivity contribution is 0.0460. The second-order valence-electron chi connectivity index (χ2n) is 6.31. The molecule has 0 bridgehead atoms. The molecule has 0 radical (unpaired) electrons. The second-order valence-corrected chi connectivity index (χ2v) is 6.31. The smallest absolute Gasteiger partial charge is 0.407 e. The molecule has 106 valence electrons.